The molecule has 22 heavy (non-hydrogen) atoms. The van der Waals surface area contributed by atoms with Crippen LogP contribution in [-0.2, 0) is 22.4 Å². The van der Waals surface area contributed by atoms with Crippen LogP contribution in [0.25, 0.3) is 11.3 Å². The maximum atomic E-state index is 11.3. The van der Waals surface area contributed by atoms with Gasteiger partial charge < -0.3 is 14.2 Å². The Bertz CT molecular complexity index is 671. The zero-order chi connectivity index (χ0) is 16.2. The average Bonchev–Trinajstić information content (AvgIpc) is 2.94. The van der Waals surface area contributed by atoms with Gasteiger partial charge in [0, 0.05) is 24.1 Å². The van der Waals surface area contributed by atoms with Crippen molar-refractivity contribution in [3.63, 3.8) is 0 Å². The molecule has 118 valence electrons. The number of hydrogen-bond acceptors (Lipinski definition) is 4. The van der Waals surface area contributed by atoms with E-state index >= 15 is 0 Å². The van der Waals surface area contributed by atoms with Gasteiger partial charge in [-0.25, -0.2) is 4.98 Å². The van der Waals surface area contributed by atoms with Crippen LogP contribution in [-0.4, -0.2) is 35.1 Å². The summed E-state index contributed by atoms with van der Waals surface area (Å²) in [7, 11) is 0. The number of benzene rings is 1. The highest BCUT2D eigenvalue weighted by Crippen LogP contribution is 2.24. The molecule has 0 aliphatic rings. The van der Waals surface area contributed by atoms with Crippen molar-refractivity contribution in [3.05, 3.63) is 42.9 Å². The third-order valence-corrected chi connectivity index (χ3v) is 4.45. The van der Waals surface area contributed by atoms with Gasteiger partial charge in [-0.1, -0.05) is 41.4 Å². The van der Waals surface area contributed by atoms with Gasteiger partial charge in [-0.15, -0.1) is 0 Å². The Labute approximate surface area is 131 Å². The van der Waals surface area contributed by atoms with Crippen LogP contribution in [0, 0.1) is 5.41 Å². The Morgan fingerprint density at radius 1 is 1.41 bits per heavy atom. The molecule has 2 atom stereocenters. The molecule has 2 aromatic rings. The number of carboxylic acid groups (broad SMARTS) is 1. The second-order valence-corrected chi connectivity index (χ2v) is 6.32. The zero-order valence-electron chi connectivity index (χ0n) is 12.1. The smallest absolute Gasteiger partial charge is 0.310 e. The monoisotopic (exact) mass is 321 g/mol. The molecular formula is C15H17N2O4S-. The minimum atomic E-state index is -2.39. The second kappa shape index (κ2) is 6.85. The number of aryl methyl sites for hydroxylation is 1. The van der Waals surface area contributed by atoms with Gasteiger partial charge in [-0.05, 0) is 13.3 Å². The zero-order valence-corrected chi connectivity index (χ0v) is 13.0. The summed E-state index contributed by atoms with van der Waals surface area (Å²) in [5.41, 5.74) is 0.469. The topological polar surface area (TPSA) is 95.3 Å². The SMILES string of the molecule is CC(CCn1cnc(-c2ccccc2)c1)(CS(=O)[O-])C(=O)O. The number of imidazole rings is 1. The highest BCUT2D eigenvalue weighted by atomic mass is 32.2. The third kappa shape index (κ3) is 4.02. The van der Waals surface area contributed by atoms with E-state index in [9.17, 15) is 18.7 Å². The summed E-state index contributed by atoms with van der Waals surface area (Å²) < 4.78 is 23.4. The number of nitrogens with zero attached hydrogens (tertiary/aromatic N) is 2. The molecule has 0 radical (unpaired) electrons. The van der Waals surface area contributed by atoms with Gasteiger partial charge >= 0.3 is 5.97 Å². The summed E-state index contributed by atoms with van der Waals surface area (Å²) in [4.78, 5) is 15.6. The fraction of sp³-hybridized carbons (Fsp3) is 0.333. The van der Waals surface area contributed by atoms with E-state index in [1.807, 2.05) is 36.5 Å². The molecule has 0 spiro atoms. The van der Waals surface area contributed by atoms with E-state index < -0.39 is 28.2 Å². The largest absolute Gasteiger partial charge is 0.772 e. The first-order valence-corrected chi connectivity index (χ1v) is 8.01. The van der Waals surface area contributed by atoms with E-state index in [2.05, 4.69) is 4.98 Å². The summed E-state index contributed by atoms with van der Waals surface area (Å²) in [6, 6.07) is 9.63. The van der Waals surface area contributed by atoms with Crippen LogP contribution in [0.1, 0.15) is 13.3 Å². The normalized spacial score (nSPS) is 15.2. The number of rotatable bonds is 7. The summed E-state index contributed by atoms with van der Waals surface area (Å²) in [5, 5.41) is 9.24. The maximum absolute atomic E-state index is 11.3. The van der Waals surface area contributed by atoms with Crippen LogP contribution < -0.4 is 0 Å². The standard InChI is InChI=1S/C15H18N2O4S/c1-15(14(18)19,10-22(20)21)7-8-17-9-13(16-11-17)12-5-3-2-4-6-12/h2-6,9,11H,7-8,10H2,1H3,(H,18,19)(H,20,21)/p-1. The molecule has 0 aliphatic heterocycles. The van der Waals surface area contributed by atoms with E-state index in [1.165, 1.54) is 6.92 Å². The van der Waals surface area contributed by atoms with Crippen molar-refractivity contribution in [1.82, 2.24) is 9.55 Å². The minimum Gasteiger partial charge on any atom is -0.772 e. The first-order chi connectivity index (χ1) is 10.4. The first-order valence-electron chi connectivity index (χ1n) is 6.77. The van der Waals surface area contributed by atoms with Crippen molar-refractivity contribution in [3.8, 4) is 11.3 Å². The molecule has 7 heteroatoms. The number of carboxylic acids is 1. The summed E-state index contributed by atoms with van der Waals surface area (Å²) >= 11 is -2.39. The lowest BCUT2D eigenvalue weighted by Crippen LogP contribution is -2.34. The Kier molecular flexibility index (Phi) is 5.10. The van der Waals surface area contributed by atoms with Gasteiger partial charge in [0.05, 0.1) is 17.4 Å². The van der Waals surface area contributed by atoms with Crippen molar-refractivity contribution in [2.75, 3.05) is 5.75 Å². The molecule has 1 aromatic carbocycles. The molecule has 2 rings (SSSR count). The van der Waals surface area contributed by atoms with Crippen LogP contribution in [0.4, 0.5) is 0 Å². The van der Waals surface area contributed by atoms with Crippen molar-refractivity contribution >= 4 is 17.0 Å². The Morgan fingerprint density at radius 3 is 2.68 bits per heavy atom. The molecular weight excluding hydrogens is 304 g/mol. The van der Waals surface area contributed by atoms with E-state index in [1.54, 1.807) is 10.9 Å². The molecule has 1 N–H and O–H groups in total. The van der Waals surface area contributed by atoms with Gasteiger partial charge in [-0.2, -0.15) is 0 Å². The summed E-state index contributed by atoms with van der Waals surface area (Å²) in [6.45, 7) is 1.83. The van der Waals surface area contributed by atoms with Gasteiger partial charge in [0.25, 0.3) is 0 Å². The molecule has 0 fully saturated rings. The lowest BCUT2D eigenvalue weighted by Gasteiger charge is -2.25. The molecule has 0 aliphatic carbocycles. The molecule has 0 amide bonds. The van der Waals surface area contributed by atoms with Crippen molar-refractivity contribution in [1.29, 1.82) is 0 Å². The minimum absolute atomic E-state index is 0.209. The molecule has 1 heterocycles. The average molecular weight is 321 g/mol. The lowest BCUT2D eigenvalue weighted by atomic mass is 9.89. The maximum Gasteiger partial charge on any atom is 0.310 e. The number of aromatic nitrogens is 2. The van der Waals surface area contributed by atoms with Gasteiger partial charge in [0.2, 0.25) is 0 Å². The highest BCUT2D eigenvalue weighted by Gasteiger charge is 2.33. The van der Waals surface area contributed by atoms with E-state index in [4.69, 9.17) is 0 Å². The van der Waals surface area contributed by atoms with Crippen LogP contribution in [0.5, 0.6) is 0 Å². The Morgan fingerprint density at radius 2 is 2.09 bits per heavy atom. The van der Waals surface area contributed by atoms with Gasteiger partial charge in [-0.3, -0.25) is 9.00 Å². The van der Waals surface area contributed by atoms with Crippen molar-refractivity contribution in [2.24, 2.45) is 5.41 Å². The van der Waals surface area contributed by atoms with Crippen LogP contribution in [0.3, 0.4) is 0 Å². The Hall–Kier alpha value is -1.99. The van der Waals surface area contributed by atoms with Crippen molar-refractivity contribution < 1.29 is 18.7 Å². The number of hydrogen-bond donors (Lipinski definition) is 1. The molecule has 6 nitrogen and oxygen atoms in total. The fourth-order valence-corrected chi connectivity index (χ4v) is 2.91. The van der Waals surface area contributed by atoms with E-state index in [0.717, 1.165) is 11.3 Å². The van der Waals surface area contributed by atoms with Crippen LogP contribution in [0.2, 0.25) is 0 Å². The molecule has 0 saturated heterocycles. The van der Waals surface area contributed by atoms with Crippen LogP contribution in [0.15, 0.2) is 42.9 Å². The molecule has 0 saturated carbocycles. The fourth-order valence-electron chi connectivity index (χ4n) is 2.12. The van der Waals surface area contributed by atoms with Crippen molar-refractivity contribution in [2.45, 2.75) is 19.9 Å². The van der Waals surface area contributed by atoms with Gasteiger partial charge in [0.1, 0.15) is 0 Å². The highest BCUT2D eigenvalue weighted by molar-refractivity contribution is 7.79. The summed E-state index contributed by atoms with van der Waals surface area (Å²) in [5.74, 6) is -1.51. The predicted octanol–water partition coefficient (Wildman–Crippen LogP) is 1.91. The first kappa shape index (κ1) is 16.4. The van der Waals surface area contributed by atoms with E-state index in [-0.39, 0.29) is 6.42 Å². The summed E-state index contributed by atoms with van der Waals surface area (Å²) in [6.07, 6.45) is 3.66. The van der Waals surface area contributed by atoms with Gasteiger partial charge in [0.15, 0.2) is 0 Å². The Balaban J connectivity index is 2.07. The quantitative estimate of drug-likeness (QED) is 0.786. The molecule has 0 bridgehead atoms. The lowest BCUT2D eigenvalue weighted by molar-refractivity contribution is -0.147. The van der Waals surface area contributed by atoms with Crippen LogP contribution >= 0.6 is 0 Å². The molecule has 2 unspecified atom stereocenters. The molecule has 1 aromatic heterocycles. The third-order valence-electron chi connectivity index (χ3n) is 3.58. The number of aliphatic carboxylic acids is 1. The predicted molar refractivity (Wildman–Crippen MR) is 81.8 cm³/mol. The second-order valence-electron chi connectivity index (χ2n) is 5.43. The number of carbonyl (C=O) groups is 1. The van der Waals surface area contributed by atoms with E-state index in [0.29, 0.717) is 6.54 Å².